The first-order chi connectivity index (χ1) is 20.6. The number of anilines is 1. The molecule has 1 aliphatic heterocycles. The summed E-state index contributed by atoms with van der Waals surface area (Å²) in [7, 11) is 0. The molecule has 44 heavy (non-hydrogen) atoms. The monoisotopic (exact) mass is 601 g/mol. The van der Waals surface area contributed by atoms with Gasteiger partial charge in [0.25, 0.3) is 5.91 Å². The van der Waals surface area contributed by atoms with Crippen LogP contribution in [0.3, 0.4) is 0 Å². The average molecular weight is 602 g/mol. The van der Waals surface area contributed by atoms with Gasteiger partial charge in [-0.15, -0.1) is 0 Å². The number of carbonyl (C=O) groups excluding carboxylic acids is 3. The van der Waals surface area contributed by atoms with E-state index < -0.39 is 35.4 Å². The number of alkyl carbamates (subject to hydrolysis) is 1. The zero-order valence-electron chi connectivity index (χ0n) is 26.8. The molecule has 234 valence electrons. The standard InChI is InChI=1S/C36H44FN3O4/c1-23-11-8-15-29(37)30(23)33(42)40-20-10-14-28(32(41)39-27-13-9-12-26(21-27)35(2,3)4)31(40)25-18-16-24(17-19-25)22-38-34(43)44-36(5,6)7/h8-9,11-13,15-19,21,28,31H,10,14,20,22H2,1-7H3,(H,38,43)(H,39,41). The second-order valence-corrected chi connectivity index (χ2v) is 13.5. The molecule has 1 fully saturated rings. The molecule has 2 N–H and O–H groups in total. The SMILES string of the molecule is Cc1cccc(F)c1C(=O)N1CCCC(C(=O)Nc2cccc(C(C)(C)C)c2)C1c1ccc(CNC(=O)OC(C)(C)C)cc1. The number of hydrogen-bond donors (Lipinski definition) is 2. The lowest BCUT2D eigenvalue weighted by atomic mass is 9.82. The van der Waals surface area contributed by atoms with Gasteiger partial charge >= 0.3 is 6.09 Å². The highest BCUT2D eigenvalue weighted by Gasteiger charge is 2.40. The first-order valence-corrected chi connectivity index (χ1v) is 15.2. The first kappa shape index (κ1) is 32.7. The number of ether oxygens (including phenoxy) is 1. The predicted octanol–water partition coefficient (Wildman–Crippen LogP) is 7.69. The minimum atomic E-state index is -0.617. The number of piperidine rings is 1. The van der Waals surface area contributed by atoms with E-state index in [0.717, 1.165) is 16.7 Å². The number of halogens is 1. The van der Waals surface area contributed by atoms with Crippen LogP contribution in [0.25, 0.3) is 0 Å². The van der Waals surface area contributed by atoms with Crippen molar-refractivity contribution < 1.29 is 23.5 Å². The lowest BCUT2D eigenvalue weighted by Crippen LogP contribution is -2.46. The Morgan fingerprint density at radius 3 is 2.27 bits per heavy atom. The highest BCUT2D eigenvalue weighted by Crippen LogP contribution is 2.39. The van der Waals surface area contributed by atoms with Gasteiger partial charge in [-0.1, -0.05) is 69.3 Å². The smallest absolute Gasteiger partial charge is 0.407 e. The molecule has 0 aromatic heterocycles. The molecule has 0 spiro atoms. The van der Waals surface area contributed by atoms with Crippen molar-refractivity contribution >= 4 is 23.6 Å². The van der Waals surface area contributed by atoms with Gasteiger partial charge in [0.15, 0.2) is 0 Å². The number of nitrogens with one attached hydrogen (secondary N) is 2. The minimum Gasteiger partial charge on any atom is -0.444 e. The maximum absolute atomic E-state index is 15.0. The quantitative estimate of drug-likeness (QED) is 0.303. The highest BCUT2D eigenvalue weighted by atomic mass is 19.1. The van der Waals surface area contributed by atoms with Crippen molar-refractivity contribution in [1.82, 2.24) is 10.2 Å². The Labute approximate surface area is 260 Å². The van der Waals surface area contributed by atoms with E-state index in [4.69, 9.17) is 4.74 Å². The molecule has 3 aromatic carbocycles. The van der Waals surface area contributed by atoms with E-state index in [9.17, 15) is 18.8 Å². The van der Waals surface area contributed by atoms with Crippen LogP contribution in [0.5, 0.6) is 0 Å². The van der Waals surface area contributed by atoms with Crippen molar-refractivity contribution in [2.45, 2.75) is 84.9 Å². The van der Waals surface area contributed by atoms with E-state index in [1.807, 2.05) is 48.5 Å². The van der Waals surface area contributed by atoms with Gasteiger partial charge in [0, 0.05) is 18.8 Å². The van der Waals surface area contributed by atoms with Crippen LogP contribution in [0.15, 0.2) is 66.7 Å². The predicted molar refractivity (Wildman–Crippen MR) is 171 cm³/mol. The molecule has 3 aromatic rings. The summed E-state index contributed by atoms with van der Waals surface area (Å²) in [5.74, 6) is -1.78. The van der Waals surface area contributed by atoms with Crippen LogP contribution >= 0.6 is 0 Å². The zero-order valence-corrected chi connectivity index (χ0v) is 26.8. The number of carbonyl (C=O) groups is 3. The number of nitrogens with zero attached hydrogens (tertiary/aromatic N) is 1. The number of aryl methyl sites for hydroxylation is 1. The third kappa shape index (κ3) is 8.04. The number of benzene rings is 3. The van der Waals surface area contributed by atoms with Crippen LogP contribution < -0.4 is 10.6 Å². The van der Waals surface area contributed by atoms with E-state index in [1.54, 1.807) is 44.7 Å². The van der Waals surface area contributed by atoms with Crippen molar-refractivity contribution in [2.75, 3.05) is 11.9 Å². The molecule has 7 nitrogen and oxygen atoms in total. The molecule has 4 rings (SSSR count). The van der Waals surface area contributed by atoms with Crippen LogP contribution in [-0.2, 0) is 21.5 Å². The van der Waals surface area contributed by atoms with Crippen LogP contribution in [0.4, 0.5) is 14.9 Å². The Bertz CT molecular complexity index is 1480. The third-order valence-electron chi connectivity index (χ3n) is 7.82. The first-order valence-electron chi connectivity index (χ1n) is 15.2. The van der Waals surface area contributed by atoms with Crippen molar-refractivity contribution in [3.8, 4) is 0 Å². The highest BCUT2D eigenvalue weighted by molar-refractivity contribution is 5.98. The molecular weight excluding hydrogens is 557 g/mol. The average Bonchev–Trinajstić information content (AvgIpc) is 2.94. The van der Waals surface area contributed by atoms with Gasteiger partial charge in [0.2, 0.25) is 5.91 Å². The number of likely N-dealkylation sites (tertiary alicyclic amines) is 1. The number of rotatable bonds is 6. The molecule has 0 aliphatic carbocycles. The summed E-state index contributed by atoms with van der Waals surface area (Å²) in [4.78, 5) is 41.7. The fraction of sp³-hybridized carbons (Fsp3) is 0.417. The lowest BCUT2D eigenvalue weighted by molar-refractivity contribution is -0.123. The fourth-order valence-corrected chi connectivity index (χ4v) is 5.58. The van der Waals surface area contributed by atoms with Crippen molar-refractivity contribution in [2.24, 2.45) is 5.92 Å². The number of hydrogen-bond acceptors (Lipinski definition) is 4. The molecule has 2 atom stereocenters. The van der Waals surface area contributed by atoms with E-state index in [2.05, 4.69) is 31.4 Å². The molecule has 3 amide bonds. The van der Waals surface area contributed by atoms with Crippen LogP contribution in [0, 0.1) is 18.7 Å². The van der Waals surface area contributed by atoms with Crippen molar-refractivity contribution in [1.29, 1.82) is 0 Å². The van der Waals surface area contributed by atoms with Gasteiger partial charge in [-0.2, -0.15) is 0 Å². The second-order valence-electron chi connectivity index (χ2n) is 13.5. The van der Waals surface area contributed by atoms with Crippen LogP contribution in [0.2, 0.25) is 0 Å². The molecule has 1 aliphatic rings. The summed E-state index contributed by atoms with van der Waals surface area (Å²) >= 11 is 0. The lowest BCUT2D eigenvalue weighted by Gasteiger charge is -2.41. The molecule has 8 heteroatoms. The Kier molecular flexibility index (Phi) is 9.81. The van der Waals surface area contributed by atoms with E-state index in [-0.39, 0.29) is 23.4 Å². The summed E-state index contributed by atoms with van der Waals surface area (Å²) in [6, 6.07) is 19.2. The van der Waals surface area contributed by atoms with Gasteiger partial charge in [-0.25, -0.2) is 9.18 Å². The van der Waals surface area contributed by atoms with E-state index in [1.165, 1.54) is 6.07 Å². The largest absolute Gasteiger partial charge is 0.444 e. The maximum Gasteiger partial charge on any atom is 0.407 e. The van der Waals surface area contributed by atoms with Gasteiger partial charge in [0.05, 0.1) is 17.5 Å². The molecule has 2 unspecified atom stereocenters. The maximum atomic E-state index is 15.0. The molecule has 0 radical (unpaired) electrons. The van der Waals surface area contributed by atoms with Crippen molar-refractivity contribution in [3.05, 3.63) is 100 Å². The van der Waals surface area contributed by atoms with Crippen molar-refractivity contribution in [3.63, 3.8) is 0 Å². The normalized spacial score (nSPS) is 17.1. The molecule has 0 saturated carbocycles. The fourth-order valence-electron chi connectivity index (χ4n) is 5.58. The van der Waals surface area contributed by atoms with Gasteiger partial charge in [0.1, 0.15) is 11.4 Å². The van der Waals surface area contributed by atoms with Crippen LogP contribution in [-0.4, -0.2) is 35.0 Å². The van der Waals surface area contributed by atoms with Gasteiger partial charge in [-0.3, -0.25) is 9.59 Å². The van der Waals surface area contributed by atoms with E-state index in [0.29, 0.717) is 30.6 Å². The van der Waals surface area contributed by atoms with Gasteiger partial charge in [-0.05, 0) is 86.4 Å². The third-order valence-corrected chi connectivity index (χ3v) is 7.82. The van der Waals surface area contributed by atoms with Gasteiger partial charge < -0.3 is 20.3 Å². The minimum absolute atomic E-state index is 0.0228. The number of amides is 3. The topological polar surface area (TPSA) is 87.7 Å². The summed E-state index contributed by atoms with van der Waals surface area (Å²) in [6.45, 7) is 14.1. The molecule has 0 bridgehead atoms. The van der Waals surface area contributed by atoms with E-state index >= 15 is 0 Å². The summed E-state index contributed by atoms with van der Waals surface area (Å²) in [5, 5.41) is 5.85. The molecule has 1 heterocycles. The summed E-state index contributed by atoms with van der Waals surface area (Å²) in [6.07, 6.45) is 0.656. The van der Waals surface area contributed by atoms with Crippen LogP contribution in [0.1, 0.15) is 93.0 Å². The Morgan fingerprint density at radius 2 is 1.64 bits per heavy atom. The molecule has 1 saturated heterocycles. The summed E-state index contributed by atoms with van der Waals surface area (Å²) < 4.78 is 20.3. The second kappa shape index (κ2) is 13.2. The Balaban J connectivity index is 1.65. The summed E-state index contributed by atoms with van der Waals surface area (Å²) in [5.41, 5.74) is 3.25. The molecular formula is C36H44FN3O4. The zero-order chi connectivity index (χ0) is 32.2. The Hall–Kier alpha value is -4.20. The Morgan fingerprint density at radius 1 is 0.955 bits per heavy atom.